The molecular formula is C22H22BrNO. The zero-order valence-electron chi connectivity index (χ0n) is 14.2. The third kappa shape index (κ3) is 3.31. The summed E-state index contributed by atoms with van der Waals surface area (Å²) in [6, 6.07) is 20.8. The molecule has 1 atom stereocenters. The van der Waals surface area contributed by atoms with E-state index in [1.54, 1.807) is 0 Å². The summed E-state index contributed by atoms with van der Waals surface area (Å²) in [5.74, 6) is 0.384. The van der Waals surface area contributed by atoms with E-state index >= 15 is 0 Å². The van der Waals surface area contributed by atoms with E-state index in [1.165, 1.54) is 24.8 Å². The molecule has 1 fully saturated rings. The summed E-state index contributed by atoms with van der Waals surface area (Å²) in [5.41, 5.74) is 2.27. The molecule has 0 aliphatic carbocycles. The largest absolute Gasteiger partial charge is 0.508 e. The summed E-state index contributed by atoms with van der Waals surface area (Å²) in [7, 11) is 0. The van der Waals surface area contributed by atoms with E-state index in [4.69, 9.17) is 0 Å². The number of piperidine rings is 1. The first kappa shape index (κ1) is 16.6. The van der Waals surface area contributed by atoms with Crippen LogP contribution in [0.15, 0.2) is 65.1 Å². The number of hydrogen-bond donors (Lipinski definition) is 1. The molecule has 1 N–H and O–H groups in total. The lowest BCUT2D eigenvalue weighted by molar-refractivity contribution is 0.186. The maximum absolute atomic E-state index is 10.8. The first-order chi connectivity index (χ1) is 12.2. The van der Waals surface area contributed by atoms with Crippen LogP contribution in [0.3, 0.4) is 0 Å². The lowest BCUT2D eigenvalue weighted by Crippen LogP contribution is -2.34. The fourth-order valence-electron chi connectivity index (χ4n) is 3.97. The molecule has 1 aliphatic heterocycles. The molecule has 3 aromatic rings. The topological polar surface area (TPSA) is 23.5 Å². The van der Waals surface area contributed by atoms with Crippen molar-refractivity contribution in [2.24, 2.45) is 0 Å². The summed E-state index contributed by atoms with van der Waals surface area (Å²) >= 11 is 3.56. The van der Waals surface area contributed by atoms with Crippen LogP contribution in [0, 0.1) is 0 Å². The lowest BCUT2D eigenvalue weighted by atomic mass is 9.90. The van der Waals surface area contributed by atoms with Crippen molar-refractivity contribution >= 4 is 26.7 Å². The number of rotatable bonds is 3. The van der Waals surface area contributed by atoms with Gasteiger partial charge < -0.3 is 5.11 Å². The molecule has 1 aliphatic rings. The van der Waals surface area contributed by atoms with Crippen molar-refractivity contribution in [3.8, 4) is 5.75 Å². The van der Waals surface area contributed by atoms with Crippen LogP contribution >= 0.6 is 15.9 Å². The molecule has 25 heavy (non-hydrogen) atoms. The monoisotopic (exact) mass is 395 g/mol. The minimum Gasteiger partial charge on any atom is -0.508 e. The van der Waals surface area contributed by atoms with Crippen LogP contribution in [0.5, 0.6) is 5.75 Å². The molecule has 2 nitrogen and oxygen atoms in total. The number of likely N-dealkylation sites (tertiary alicyclic amines) is 1. The average Bonchev–Trinajstić information content (AvgIpc) is 2.66. The smallest absolute Gasteiger partial charge is 0.121 e. The second-order valence-electron chi connectivity index (χ2n) is 6.77. The van der Waals surface area contributed by atoms with Gasteiger partial charge in [-0.25, -0.2) is 0 Å². The van der Waals surface area contributed by atoms with Crippen molar-refractivity contribution in [3.05, 3.63) is 76.3 Å². The highest BCUT2D eigenvalue weighted by Gasteiger charge is 2.27. The molecule has 1 heterocycles. The maximum atomic E-state index is 10.8. The van der Waals surface area contributed by atoms with Crippen LogP contribution in [0.4, 0.5) is 0 Å². The maximum Gasteiger partial charge on any atom is 0.121 e. The van der Waals surface area contributed by atoms with Gasteiger partial charge in [-0.05, 0) is 60.5 Å². The molecule has 1 unspecified atom stereocenters. The molecule has 1 saturated heterocycles. The second-order valence-corrected chi connectivity index (χ2v) is 7.69. The van der Waals surface area contributed by atoms with Crippen LogP contribution in [0.25, 0.3) is 10.8 Å². The lowest BCUT2D eigenvalue weighted by Gasteiger charge is -2.36. The van der Waals surface area contributed by atoms with Crippen molar-refractivity contribution in [2.75, 3.05) is 13.1 Å². The van der Waals surface area contributed by atoms with Crippen molar-refractivity contribution < 1.29 is 5.11 Å². The van der Waals surface area contributed by atoms with E-state index in [2.05, 4.69) is 69.4 Å². The van der Waals surface area contributed by atoms with Crippen molar-refractivity contribution in [2.45, 2.75) is 25.3 Å². The number of benzene rings is 3. The Balaban J connectivity index is 1.92. The highest BCUT2D eigenvalue weighted by atomic mass is 79.9. The van der Waals surface area contributed by atoms with Gasteiger partial charge in [-0.15, -0.1) is 0 Å². The molecule has 0 saturated carbocycles. The Morgan fingerprint density at radius 2 is 1.64 bits per heavy atom. The van der Waals surface area contributed by atoms with Crippen LogP contribution in [0.2, 0.25) is 0 Å². The van der Waals surface area contributed by atoms with E-state index in [9.17, 15) is 5.11 Å². The Hall–Kier alpha value is -1.84. The first-order valence-corrected chi connectivity index (χ1v) is 9.73. The van der Waals surface area contributed by atoms with Gasteiger partial charge in [0, 0.05) is 10.0 Å². The molecule has 3 aromatic carbocycles. The summed E-state index contributed by atoms with van der Waals surface area (Å²) in [5, 5.41) is 13.1. The Morgan fingerprint density at radius 1 is 0.880 bits per heavy atom. The minimum atomic E-state index is 0.0892. The number of phenolic OH excluding ortho intramolecular Hbond substituents is 1. The Morgan fingerprint density at radius 3 is 2.40 bits per heavy atom. The van der Waals surface area contributed by atoms with Gasteiger partial charge in [0.05, 0.1) is 6.04 Å². The van der Waals surface area contributed by atoms with Gasteiger partial charge in [-0.2, -0.15) is 0 Å². The number of fused-ring (bicyclic) bond motifs is 1. The minimum absolute atomic E-state index is 0.0892. The number of halogens is 1. The Kier molecular flexibility index (Phi) is 4.78. The van der Waals surface area contributed by atoms with Gasteiger partial charge in [0.2, 0.25) is 0 Å². The van der Waals surface area contributed by atoms with E-state index in [0.717, 1.165) is 33.9 Å². The van der Waals surface area contributed by atoms with Gasteiger partial charge >= 0.3 is 0 Å². The normalized spacial score (nSPS) is 16.8. The Labute approximate surface area is 157 Å². The molecular weight excluding hydrogens is 374 g/mol. The third-order valence-electron chi connectivity index (χ3n) is 5.15. The average molecular weight is 396 g/mol. The summed E-state index contributed by atoms with van der Waals surface area (Å²) in [4.78, 5) is 2.52. The number of phenols is 1. The van der Waals surface area contributed by atoms with Crippen LogP contribution in [-0.2, 0) is 0 Å². The molecule has 128 valence electrons. The molecule has 3 heteroatoms. The van der Waals surface area contributed by atoms with Crippen molar-refractivity contribution in [3.63, 3.8) is 0 Å². The van der Waals surface area contributed by atoms with E-state index in [1.807, 2.05) is 12.1 Å². The Bertz CT molecular complexity index is 872. The first-order valence-electron chi connectivity index (χ1n) is 8.94. The molecule has 0 amide bonds. The predicted molar refractivity (Wildman–Crippen MR) is 107 cm³/mol. The molecule has 0 bridgehead atoms. The van der Waals surface area contributed by atoms with Crippen LogP contribution in [0.1, 0.15) is 36.4 Å². The van der Waals surface area contributed by atoms with Crippen molar-refractivity contribution in [1.82, 2.24) is 4.90 Å². The zero-order chi connectivity index (χ0) is 17.2. The summed E-state index contributed by atoms with van der Waals surface area (Å²) in [6.45, 7) is 2.15. The van der Waals surface area contributed by atoms with Crippen LogP contribution in [-0.4, -0.2) is 23.1 Å². The van der Waals surface area contributed by atoms with Gasteiger partial charge in [-0.1, -0.05) is 64.8 Å². The summed E-state index contributed by atoms with van der Waals surface area (Å²) < 4.78 is 1.06. The fraction of sp³-hybridized carbons (Fsp3) is 0.273. The quantitative estimate of drug-likeness (QED) is 0.597. The summed E-state index contributed by atoms with van der Waals surface area (Å²) in [6.07, 6.45) is 3.74. The highest BCUT2D eigenvalue weighted by molar-refractivity contribution is 9.10. The fourth-order valence-corrected chi connectivity index (χ4v) is 4.35. The number of hydrogen-bond acceptors (Lipinski definition) is 2. The molecule has 0 aromatic heterocycles. The van der Waals surface area contributed by atoms with Gasteiger partial charge in [0.1, 0.15) is 5.75 Å². The van der Waals surface area contributed by atoms with E-state index < -0.39 is 0 Å². The third-order valence-corrected chi connectivity index (χ3v) is 5.64. The van der Waals surface area contributed by atoms with Gasteiger partial charge in [0.25, 0.3) is 0 Å². The standard InChI is InChI=1S/C22H22BrNO/c23-18-10-11-19-17(15-18)9-12-20(25)21(19)22(16-7-3-1-4-8-16)24-13-5-2-6-14-24/h1,3-4,7-12,15,22,25H,2,5-6,13-14H2. The number of aromatic hydroxyl groups is 1. The van der Waals surface area contributed by atoms with E-state index in [0.29, 0.717) is 5.75 Å². The second kappa shape index (κ2) is 7.19. The van der Waals surface area contributed by atoms with Gasteiger partial charge in [0.15, 0.2) is 0 Å². The molecule has 4 rings (SSSR count). The predicted octanol–water partition coefficient (Wildman–Crippen LogP) is 5.88. The molecule has 0 radical (unpaired) electrons. The van der Waals surface area contributed by atoms with Crippen molar-refractivity contribution in [1.29, 1.82) is 0 Å². The number of nitrogens with zero attached hydrogens (tertiary/aromatic N) is 1. The van der Waals surface area contributed by atoms with Gasteiger partial charge in [-0.3, -0.25) is 4.90 Å². The molecule has 0 spiro atoms. The zero-order valence-corrected chi connectivity index (χ0v) is 15.7. The van der Waals surface area contributed by atoms with Crippen LogP contribution < -0.4 is 0 Å². The SMILES string of the molecule is Oc1ccc2cc(Br)ccc2c1C(c1ccccc1)N1CCCCC1. The highest BCUT2D eigenvalue weighted by Crippen LogP contribution is 2.40. The van der Waals surface area contributed by atoms with E-state index in [-0.39, 0.29) is 6.04 Å².